The molecule has 0 unspecified atom stereocenters. The molecule has 7 heteroatoms. The van der Waals surface area contributed by atoms with Gasteiger partial charge < -0.3 is 5.32 Å². The average molecular weight is 330 g/mol. The fraction of sp³-hybridized carbons (Fsp3) is 0.500. The SMILES string of the molecule is C[C@H](C(=O)Nc1nc(C2CC2)cs1)n1nc(C2CC2)ccc1=O. The molecule has 2 aliphatic carbocycles. The van der Waals surface area contributed by atoms with Gasteiger partial charge >= 0.3 is 0 Å². The van der Waals surface area contributed by atoms with Crippen LogP contribution in [0.25, 0.3) is 0 Å². The molecule has 1 N–H and O–H groups in total. The summed E-state index contributed by atoms with van der Waals surface area (Å²) in [7, 11) is 0. The summed E-state index contributed by atoms with van der Waals surface area (Å²) in [6, 6.07) is 2.61. The maximum atomic E-state index is 12.4. The maximum absolute atomic E-state index is 12.4. The van der Waals surface area contributed by atoms with Gasteiger partial charge in [0.25, 0.3) is 11.5 Å². The van der Waals surface area contributed by atoms with E-state index in [0.717, 1.165) is 24.2 Å². The van der Waals surface area contributed by atoms with Crippen LogP contribution in [-0.2, 0) is 4.79 Å². The van der Waals surface area contributed by atoms with Crippen LogP contribution in [0.2, 0.25) is 0 Å². The zero-order chi connectivity index (χ0) is 16.0. The van der Waals surface area contributed by atoms with E-state index < -0.39 is 6.04 Å². The molecule has 23 heavy (non-hydrogen) atoms. The fourth-order valence-electron chi connectivity index (χ4n) is 2.55. The third-order valence-electron chi connectivity index (χ3n) is 4.34. The average Bonchev–Trinajstić information content (AvgIpc) is 3.46. The van der Waals surface area contributed by atoms with Crippen LogP contribution in [-0.4, -0.2) is 20.7 Å². The minimum atomic E-state index is -0.658. The van der Waals surface area contributed by atoms with E-state index in [-0.39, 0.29) is 11.5 Å². The zero-order valence-corrected chi connectivity index (χ0v) is 13.7. The van der Waals surface area contributed by atoms with Crippen LogP contribution in [0.3, 0.4) is 0 Å². The molecule has 2 heterocycles. The third-order valence-corrected chi connectivity index (χ3v) is 5.11. The molecular weight excluding hydrogens is 312 g/mol. The maximum Gasteiger partial charge on any atom is 0.267 e. The van der Waals surface area contributed by atoms with Gasteiger partial charge in [0.2, 0.25) is 0 Å². The van der Waals surface area contributed by atoms with Gasteiger partial charge in [0.15, 0.2) is 5.13 Å². The lowest BCUT2D eigenvalue weighted by Crippen LogP contribution is -2.33. The Balaban J connectivity index is 1.50. The lowest BCUT2D eigenvalue weighted by molar-refractivity contribution is -0.119. The minimum Gasteiger partial charge on any atom is -0.300 e. The molecule has 0 bridgehead atoms. The predicted molar refractivity (Wildman–Crippen MR) is 87.9 cm³/mol. The highest BCUT2D eigenvalue weighted by Gasteiger charge is 2.28. The van der Waals surface area contributed by atoms with Gasteiger partial charge in [-0.3, -0.25) is 9.59 Å². The van der Waals surface area contributed by atoms with Crippen LogP contribution in [0.1, 0.15) is 61.9 Å². The first-order chi connectivity index (χ1) is 11.1. The topological polar surface area (TPSA) is 76.9 Å². The lowest BCUT2D eigenvalue weighted by atomic mass is 10.2. The summed E-state index contributed by atoms with van der Waals surface area (Å²) < 4.78 is 1.28. The number of anilines is 1. The first-order valence-electron chi connectivity index (χ1n) is 7.98. The van der Waals surface area contributed by atoms with Gasteiger partial charge in [-0.2, -0.15) is 5.10 Å². The first kappa shape index (κ1) is 14.6. The number of carbonyl (C=O) groups excluding carboxylic acids is 1. The molecule has 1 atom stereocenters. The van der Waals surface area contributed by atoms with Gasteiger partial charge in [0.05, 0.1) is 11.4 Å². The summed E-state index contributed by atoms with van der Waals surface area (Å²) in [5, 5.41) is 9.76. The van der Waals surface area contributed by atoms with Gasteiger partial charge in [0, 0.05) is 23.3 Å². The first-order valence-corrected chi connectivity index (χ1v) is 8.86. The Morgan fingerprint density at radius 3 is 2.65 bits per heavy atom. The van der Waals surface area contributed by atoms with Crippen molar-refractivity contribution >= 4 is 22.4 Å². The summed E-state index contributed by atoms with van der Waals surface area (Å²) in [6.07, 6.45) is 4.57. The van der Waals surface area contributed by atoms with E-state index >= 15 is 0 Å². The van der Waals surface area contributed by atoms with E-state index in [1.807, 2.05) is 5.38 Å². The number of carbonyl (C=O) groups is 1. The fourth-order valence-corrected chi connectivity index (χ4v) is 3.34. The van der Waals surface area contributed by atoms with Crippen molar-refractivity contribution in [2.45, 2.75) is 50.5 Å². The smallest absolute Gasteiger partial charge is 0.267 e. The summed E-state index contributed by atoms with van der Waals surface area (Å²) >= 11 is 1.43. The largest absolute Gasteiger partial charge is 0.300 e. The Labute approximate surface area is 137 Å². The Kier molecular flexibility index (Phi) is 3.52. The molecule has 4 rings (SSSR count). The van der Waals surface area contributed by atoms with Crippen molar-refractivity contribution in [2.24, 2.45) is 0 Å². The van der Waals surface area contributed by atoms with E-state index in [9.17, 15) is 9.59 Å². The Morgan fingerprint density at radius 1 is 1.26 bits per heavy atom. The summed E-state index contributed by atoms with van der Waals surface area (Å²) in [6.45, 7) is 1.69. The molecule has 120 valence electrons. The van der Waals surface area contributed by atoms with Crippen molar-refractivity contribution in [1.82, 2.24) is 14.8 Å². The van der Waals surface area contributed by atoms with Crippen LogP contribution < -0.4 is 10.9 Å². The summed E-state index contributed by atoms with van der Waals surface area (Å²) in [5.41, 5.74) is 1.70. The van der Waals surface area contributed by atoms with Gasteiger partial charge in [0.1, 0.15) is 6.04 Å². The number of thiazole rings is 1. The lowest BCUT2D eigenvalue weighted by Gasteiger charge is -2.13. The predicted octanol–water partition coefficient (Wildman–Crippen LogP) is 2.65. The second kappa shape index (κ2) is 5.56. The van der Waals surface area contributed by atoms with Crippen LogP contribution in [0, 0.1) is 0 Å². The molecule has 2 aromatic rings. The van der Waals surface area contributed by atoms with Crippen LogP contribution in [0.5, 0.6) is 0 Å². The summed E-state index contributed by atoms with van der Waals surface area (Å²) in [5.74, 6) is 0.746. The molecule has 2 aliphatic rings. The highest BCUT2D eigenvalue weighted by atomic mass is 32.1. The molecule has 0 aromatic carbocycles. The minimum absolute atomic E-state index is 0.255. The van der Waals surface area contributed by atoms with E-state index in [1.54, 1.807) is 13.0 Å². The number of hydrogen-bond acceptors (Lipinski definition) is 5. The van der Waals surface area contributed by atoms with Gasteiger partial charge in [-0.05, 0) is 38.7 Å². The van der Waals surface area contributed by atoms with Crippen LogP contribution in [0.4, 0.5) is 5.13 Å². The molecule has 0 aliphatic heterocycles. The quantitative estimate of drug-likeness (QED) is 0.914. The van der Waals surface area contributed by atoms with Crippen molar-refractivity contribution < 1.29 is 4.79 Å². The van der Waals surface area contributed by atoms with Crippen molar-refractivity contribution in [2.75, 3.05) is 5.32 Å². The molecule has 2 aromatic heterocycles. The number of nitrogens with zero attached hydrogens (tertiary/aromatic N) is 3. The van der Waals surface area contributed by atoms with Crippen molar-refractivity contribution in [3.05, 3.63) is 39.3 Å². The second-order valence-electron chi connectivity index (χ2n) is 6.33. The Morgan fingerprint density at radius 2 is 1.96 bits per heavy atom. The van der Waals surface area contributed by atoms with Crippen LogP contribution >= 0.6 is 11.3 Å². The van der Waals surface area contributed by atoms with Crippen molar-refractivity contribution in [3.63, 3.8) is 0 Å². The molecular formula is C16H18N4O2S. The number of aromatic nitrogens is 3. The molecule has 6 nitrogen and oxygen atoms in total. The van der Waals surface area contributed by atoms with Gasteiger partial charge in [-0.25, -0.2) is 9.67 Å². The number of nitrogens with one attached hydrogen (secondary N) is 1. The van der Waals surface area contributed by atoms with Crippen molar-refractivity contribution in [1.29, 1.82) is 0 Å². The van der Waals surface area contributed by atoms with Crippen molar-refractivity contribution in [3.8, 4) is 0 Å². The highest BCUT2D eigenvalue weighted by molar-refractivity contribution is 7.13. The molecule has 0 saturated heterocycles. The highest BCUT2D eigenvalue weighted by Crippen LogP contribution is 2.41. The normalized spacial score (nSPS) is 18.7. The second-order valence-corrected chi connectivity index (χ2v) is 7.19. The van der Waals surface area contributed by atoms with Gasteiger partial charge in [-0.15, -0.1) is 11.3 Å². The Bertz CT molecular complexity index is 804. The number of amides is 1. The van der Waals surface area contributed by atoms with Crippen LogP contribution in [0.15, 0.2) is 22.3 Å². The van der Waals surface area contributed by atoms with E-state index in [0.29, 0.717) is 17.0 Å². The van der Waals surface area contributed by atoms with E-state index in [4.69, 9.17) is 0 Å². The number of hydrogen-bond donors (Lipinski definition) is 1. The summed E-state index contributed by atoms with van der Waals surface area (Å²) in [4.78, 5) is 28.9. The standard InChI is InChI=1S/C16H18N4O2S/c1-9(20-14(21)7-6-12(19-20)10-2-3-10)15(22)18-16-17-13(8-23-16)11-4-5-11/h6-11H,2-5H2,1H3,(H,17,18,22)/t9-/m1/s1. The Hall–Kier alpha value is -2.02. The molecule has 1 amide bonds. The molecule has 0 spiro atoms. The molecule has 0 radical (unpaired) electrons. The zero-order valence-electron chi connectivity index (χ0n) is 12.9. The monoisotopic (exact) mass is 330 g/mol. The van der Waals surface area contributed by atoms with E-state index in [2.05, 4.69) is 15.4 Å². The molecule has 2 saturated carbocycles. The third kappa shape index (κ3) is 3.06. The van der Waals surface area contributed by atoms with Gasteiger partial charge in [-0.1, -0.05) is 0 Å². The molecule has 2 fully saturated rings. The van der Waals surface area contributed by atoms with E-state index in [1.165, 1.54) is 34.9 Å². The number of rotatable bonds is 5.